The lowest BCUT2D eigenvalue weighted by atomic mass is 9.94. The van der Waals surface area contributed by atoms with Crippen molar-refractivity contribution in [3.63, 3.8) is 0 Å². The summed E-state index contributed by atoms with van der Waals surface area (Å²) in [6, 6.07) is 0. The van der Waals surface area contributed by atoms with Crippen LogP contribution in [0.25, 0.3) is 0 Å². The van der Waals surface area contributed by atoms with E-state index in [1.165, 1.54) is 11.3 Å². The number of nitrogens with zero attached hydrogens (tertiary/aromatic N) is 2. The molecule has 0 fully saturated rings. The molecule has 0 saturated carbocycles. The number of aromatic nitrogens is 1. The molecule has 1 aromatic heterocycles. The Morgan fingerprint density at radius 3 is 2.75 bits per heavy atom. The van der Waals surface area contributed by atoms with Gasteiger partial charge in [0.1, 0.15) is 0 Å². The van der Waals surface area contributed by atoms with Gasteiger partial charge in [-0.05, 0) is 32.2 Å². The number of carbonyl (C=O) groups excluding carboxylic acids is 1. The smallest absolute Gasteiger partial charge is 0.222 e. The van der Waals surface area contributed by atoms with Crippen LogP contribution in [0.5, 0.6) is 0 Å². The molecule has 0 bridgehead atoms. The van der Waals surface area contributed by atoms with Gasteiger partial charge < -0.3 is 10.6 Å². The Balaban J connectivity index is 2.39. The lowest BCUT2D eigenvalue weighted by molar-refractivity contribution is -0.130. The van der Waals surface area contributed by atoms with Gasteiger partial charge in [-0.1, -0.05) is 19.8 Å². The predicted octanol–water partition coefficient (Wildman–Crippen LogP) is 2.96. The quantitative estimate of drug-likeness (QED) is 0.762. The first-order valence-electron chi connectivity index (χ1n) is 7.41. The number of carbonyl (C=O) groups is 1. The van der Waals surface area contributed by atoms with Gasteiger partial charge in [-0.15, -0.1) is 11.3 Å². The highest BCUT2D eigenvalue weighted by atomic mass is 32.1. The summed E-state index contributed by atoms with van der Waals surface area (Å²) >= 11 is 1.61. The van der Waals surface area contributed by atoms with Crippen molar-refractivity contribution in [1.82, 2.24) is 9.88 Å². The van der Waals surface area contributed by atoms with Crippen molar-refractivity contribution in [2.24, 2.45) is 11.7 Å². The van der Waals surface area contributed by atoms with Crippen LogP contribution in [-0.4, -0.2) is 29.4 Å². The summed E-state index contributed by atoms with van der Waals surface area (Å²) in [6.45, 7) is 5.56. The highest BCUT2D eigenvalue weighted by Crippen LogP contribution is 2.19. The largest absolute Gasteiger partial charge is 0.341 e. The van der Waals surface area contributed by atoms with Gasteiger partial charge in [-0.2, -0.15) is 0 Å². The molecular weight excluding hydrogens is 270 g/mol. The molecule has 2 N–H and O–H groups in total. The second kappa shape index (κ2) is 9.08. The van der Waals surface area contributed by atoms with E-state index in [0.29, 0.717) is 18.9 Å². The van der Waals surface area contributed by atoms with Gasteiger partial charge in [-0.25, -0.2) is 4.98 Å². The zero-order valence-corrected chi connectivity index (χ0v) is 13.7. The average Bonchev–Trinajstić information content (AvgIpc) is 2.81. The second-order valence-corrected chi connectivity index (χ2v) is 6.32. The van der Waals surface area contributed by atoms with Crippen molar-refractivity contribution in [3.8, 4) is 0 Å². The summed E-state index contributed by atoms with van der Waals surface area (Å²) in [6.07, 6.45) is 4.94. The highest BCUT2D eigenvalue weighted by molar-refractivity contribution is 7.09. The highest BCUT2D eigenvalue weighted by Gasteiger charge is 2.14. The second-order valence-electron chi connectivity index (χ2n) is 5.38. The third kappa shape index (κ3) is 5.59. The molecule has 0 aliphatic rings. The van der Waals surface area contributed by atoms with Gasteiger partial charge in [0.25, 0.3) is 0 Å². The Morgan fingerprint density at radius 2 is 2.20 bits per heavy atom. The summed E-state index contributed by atoms with van der Waals surface area (Å²) in [7, 11) is 1.87. The number of nitrogens with two attached hydrogens (primary N) is 1. The summed E-state index contributed by atoms with van der Waals surface area (Å²) in [5.74, 6) is 0.809. The maximum atomic E-state index is 12.2. The predicted molar refractivity (Wildman–Crippen MR) is 84.6 cm³/mol. The molecule has 0 radical (unpaired) electrons. The first-order chi connectivity index (χ1) is 9.58. The number of hydrogen-bond acceptors (Lipinski definition) is 4. The van der Waals surface area contributed by atoms with Crippen LogP contribution in [0.3, 0.4) is 0 Å². The van der Waals surface area contributed by atoms with Crippen molar-refractivity contribution < 1.29 is 4.79 Å². The molecule has 0 spiro atoms. The van der Waals surface area contributed by atoms with Crippen molar-refractivity contribution in [3.05, 3.63) is 16.1 Å². The zero-order chi connectivity index (χ0) is 15.0. The average molecular weight is 297 g/mol. The van der Waals surface area contributed by atoms with E-state index in [-0.39, 0.29) is 5.91 Å². The molecule has 1 unspecified atom stereocenters. The molecule has 1 rings (SSSR count). The number of thiazole rings is 1. The number of aryl methyl sites for hydroxylation is 1. The maximum Gasteiger partial charge on any atom is 0.222 e. The lowest BCUT2D eigenvalue weighted by Gasteiger charge is -2.19. The van der Waals surface area contributed by atoms with Crippen LogP contribution in [0.15, 0.2) is 5.51 Å². The van der Waals surface area contributed by atoms with Gasteiger partial charge in [0, 0.05) is 18.3 Å². The minimum atomic E-state index is 0.218. The molecule has 0 saturated heterocycles. The molecule has 0 aromatic carbocycles. The Labute approximate surface area is 126 Å². The summed E-state index contributed by atoms with van der Waals surface area (Å²) in [4.78, 5) is 19.4. The number of hydrogen-bond donors (Lipinski definition) is 1. The van der Waals surface area contributed by atoms with Crippen molar-refractivity contribution in [1.29, 1.82) is 0 Å². The molecule has 1 aromatic rings. The molecule has 0 aliphatic heterocycles. The van der Waals surface area contributed by atoms with Crippen LogP contribution < -0.4 is 5.73 Å². The van der Waals surface area contributed by atoms with E-state index in [2.05, 4.69) is 11.9 Å². The first-order valence-corrected chi connectivity index (χ1v) is 8.29. The van der Waals surface area contributed by atoms with Gasteiger partial charge >= 0.3 is 0 Å². The molecule has 4 nitrogen and oxygen atoms in total. The normalized spacial score (nSPS) is 12.4. The van der Waals surface area contributed by atoms with Crippen molar-refractivity contribution in [2.45, 2.75) is 52.5 Å². The van der Waals surface area contributed by atoms with Crippen LogP contribution >= 0.6 is 11.3 Å². The molecule has 5 heteroatoms. The number of amides is 1. The fourth-order valence-corrected chi connectivity index (χ4v) is 3.21. The van der Waals surface area contributed by atoms with Gasteiger partial charge in [-0.3, -0.25) is 4.79 Å². The van der Waals surface area contributed by atoms with Crippen LogP contribution in [-0.2, 0) is 11.3 Å². The van der Waals surface area contributed by atoms with Crippen molar-refractivity contribution >= 4 is 17.2 Å². The fourth-order valence-electron chi connectivity index (χ4n) is 2.38. The third-order valence-electron chi connectivity index (χ3n) is 3.69. The van der Waals surface area contributed by atoms with E-state index >= 15 is 0 Å². The Kier molecular flexibility index (Phi) is 7.77. The molecule has 114 valence electrons. The van der Waals surface area contributed by atoms with E-state index in [0.717, 1.165) is 31.5 Å². The van der Waals surface area contributed by atoms with E-state index < -0.39 is 0 Å². The minimum absolute atomic E-state index is 0.218. The Morgan fingerprint density at radius 1 is 1.45 bits per heavy atom. The SMILES string of the molecule is CCCC(CCN)CCC(=O)N(C)Cc1scnc1C. The Hall–Kier alpha value is -0.940. The minimum Gasteiger partial charge on any atom is -0.341 e. The van der Waals surface area contributed by atoms with E-state index in [9.17, 15) is 4.79 Å². The molecule has 1 amide bonds. The molecule has 1 atom stereocenters. The zero-order valence-electron chi connectivity index (χ0n) is 12.9. The summed E-state index contributed by atoms with van der Waals surface area (Å²) < 4.78 is 0. The summed E-state index contributed by atoms with van der Waals surface area (Å²) in [5.41, 5.74) is 8.50. The van der Waals surface area contributed by atoms with Crippen LogP contribution in [0.4, 0.5) is 0 Å². The standard InChI is InChI=1S/C15H27N3OS/c1-4-5-13(8-9-16)6-7-15(19)18(3)10-14-12(2)17-11-20-14/h11,13H,4-10,16H2,1-3H3. The fraction of sp³-hybridized carbons (Fsp3) is 0.733. The van der Waals surface area contributed by atoms with Crippen LogP contribution in [0.2, 0.25) is 0 Å². The van der Waals surface area contributed by atoms with Gasteiger partial charge in [0.2, 0.25) is 5.91 Å². The summed E-state index contributed by atoms with van der Waals surface area (Å²) in [5, 5.41) is 0. The molecule has 20 heavy (non-hydrogen) atoms. The molecule has 0 aliphatic carbocycles. The Bertz CT molecular complexity index is 400. The maximum absolute atomic E-state index is 12.2. The monoisotopic (exact) mass is 297 g/mol. The van der Waals surface area contributed by atoms with Gasteiger partial charge in [0.05, 0.1) is 17.7 Å². The van der Waals surface area contributed by atoms with E-state index in [1.54, 1.807) is 11.3 Å². The first kappa shape index (κ1) is 17.1. The van der Waals surface area contributed by atoms with Crippen LogP contribution in [0.1, 0.15) is 49.6 Å². The van der Waals surface area contributed by atoms with Crippen LogP contribution in [0, 0.1) is 12.8 Å². The third-order valence-corrected chi connectivity index (χ3v) is 4.61. The molecule has 1 heterocycles. The van der Waals surface area contributed by atoms with E-state index in [1.807, 2.05) is 24.4 Å². The molecular formula is C15H27N3OS. The lowest BCUT2D eigenvalue weighted by Crippen LogP contribution is -2.26. The van der Waals surface area contributed by atoms with Gasteiger partial charge in [0.15, 0.2) is 0 Å². The van der Waals surface area contributed by atoms with Crippen molar-refractivity contribution in [2.75, 3.05) is 13.6 Å². The van der Waals surface area contributed by atoms with E-state index in [4.69, 9.17) is 5.73 Å². The topological polar surface area (TPSA) is 59.2 Å². The number of rotatable bonds is 9.